The Hall–Kier alpha value is 0.220. The molecule has 0 aliphatic carbocycles. The first-order chi connectivity index (χ1) is 9.41. The van der Waals surface area contributed by atoms with E-state index in [-0.39, 0.29) is 0 Å². The second kappa shape index (κ2) is 18.2. The fourth-order valence-electron chi connectivity index (χ4n) is 2.50. The molecule has 0 saturated carbocycles. The number of hydrogen-bond donors (Lipinski definition) is 0. The van der Waals surface area contributed by atoms with Gasteiger partial charge in [-0.05, 0) is 19.3 Å². The number of rotatable bonds is 16. The van der Waals surface area contributed by atoms with Crippen molar-refractivity contribution in [1.29, 1.82) is 0 Å². The second-order valence-corrected chi connectivity index (χ2v) is 6.51. The summed E-state index contributed by atoms with van der Waals surface area (Å²) in [4.78, 5) is 0. The molecule has 0 heterocycles. The van der Waals surface area contributed by atoms with Crippen molar-refractivity contribution < 1.29 is 0 Å². The van der Waals surface area contributed by atoms with Crippen LogP contribution >= 0.6 is 15.9 Å². The van der Waals surface area contributed by atoms with Crippen molar-refractivity contribution >= 4 is 15.9 Å². The molecule has 1 heteroatoms. The zero-order valence-corrected chi connectivity index (χ0v) is 14.6. The Kier molecular flexibility index (Phi) is 18.4. The van der Waals surface area contributed by atoms with E-state index >= 15 is 0 Å². The van der Waals surface area contributed by atoms with Crippen molar-refractivity contribution in [3.63, 3.8) is 0 Å². The first-order valence-electron chi connectivity index (χ1n) is 8.58. The average molecular weight is 331 g/mol. The maximum Gasteiger partial charge on any atom is 0.00313 e. The Labute approximate surface area is 130 Å². The van der Waals surface area contributed by atoms with Crippen LogP contribution in [-0.4, -0.2) is 5.33 Å². The van der Waals surface area contributed by atoms with Gasteiger partial charge in [0.2, 0.25) is 0 Å². The number of hydrogen-bond acceptors (Lipinski definition) is 0. The van der Waals surface area contributed by atoms with Crippen LogP contribution in [-0.2, 0) is 0 Å². The number of halogens is 1. The molecule has 0 radical (unpaired) electrons. The van der Waals surface area contributed by atoms with Gasteiger partial charge in [-0.15, -0.1) is 6.58 Å². The molecule has 19 heavy (non-hydrogen) atoms. The summed E-state index contributed by atoms with van der Waals surface area (Å²) in [5.41, 5.74) is 0. The van der Waals surface area contributed by atoms with Gasteiger partial charge in [-0.25, -0.2) is 0 Å². The van der Waals surface area contributed by atoms with Crippen molar-refractivity contribution in [3.8, 4) is 0 Å². The zero-order valence-electron chi connectivity index (χ0n) is 13.0. The highest BCUT2D eigenvalue weighted by atomic mass is 79.9. The van der Waals surface area contributed by atoms with E-state index in [4.69, 9.17) is 0 Å². The standard InChI is InChI=1S/C18H35Br/c1-2-3-4-5-6-7-8-9-10-11-12-13-14-15-16-17-18-19/h2H,1,3-18H2. The summed E-state index contributed by atoms with van der Waals surface area (Å²) in [7, 11) is 0. The molecular formula is C18H35Br. The van der Waals surface area contributed by atoms with E-state index in [2.05, 4.69) is 22.5 Å². The summed E-state index contributed by atoms with van der Waals surface area (Å²) in [6.07, 6.45) is 23.3. The molecule has 0 atom stereocenters. The van der Waals surface area contributed by atoms with Crippen LogP contribution in [0.2, 0.25) is 0 Å². The Morgan fingerprint density at radius 1 is 0.526 bits per heavy atom. The Bertz CT molecular complexity index is 165. The molecule has 0 fully saturated rings. The molecule has 0 unspecified atom stereocenters. The van der Waals surface area contributed by atoms with Crippen LogP contribution in [0.5, 0.6) is 0 Å². The number of allylic oxidation sites excluding steroid dienone is 1. The molecule has 0 N–H and O–H groups in total. The van der Waals surface area contributed by atoms with Gasteiger partial charge in [0.15, 0.2) is 0 Å². The summed E-state index contributed by atoms with van der Waals surface area (Å²) in [6, 6.07) is 0. The summed E-state index contributed by atoms with van der Waals surface area (Å²) in [5, 5.41) is 1.18. The van der Waals surface area contributed by atoms with Crippen LogP contribution in [0, 0.1) is 0 Å². The first kappa shape index (κ1) is 19.2. The fourth-order valence-corrected chi connectivity index (χ4v) is 2.90. The van der Waals surface area contributed by atoms with Crippen molar-refractivity contribution in [3.05, 3.63) is 12.7 Å². The molecule has 0 bridgehead atoms. The highest BCUT2D eigenvalue weighted by molar-refractivity contribution is 9.09. The average Bonchev–Trinajstić information content (AvgIpc) is 2.43. The second-order valence-electron chi connectivity index (χ2n) is 5.72. The van der Waals surface area contributed by atoms with Gasteiger partial charge >= 0.3 is 0 Å². The van der Waals surface area contributed by atoms with Gasteiger partial charge in [-0.3, -0.25) is 0 Å². The predicted octanol–water partition coefficient (Wildman–Crippen LogP) is 7.42. The van der Waals surface area contributed by atoms with Crippen LogP contribution in [0.25, 0.3) is 0 Å². The monoisotopic (exact) mass is 330 g/mol. The lowest BCUT2D eigenvalue weighted by atomic mass is 10.0. The molecule has 0 aliphatic heterocycles. The van der Waals surface area contributed by atoms with Gasteiger partial charge < -0.3 is 0 Å². The quantitative estimate of drug-likeness (QED) is 0.157. The van der Waals surface area contributed by atoms with Crippen molar-refractivity contribution in [2.75, 3.05) is 5.33 Å². The Morgan fingerprint density at radius 2 is 0.842 bits per heavy atom. The van der Waals surface area contributed by atoms with Gasteiger partial charge in [0.25, 0.3) is 0 Å². The smallest absolute Gasteiger partial charge is 0.00313 e. The van der Waals surface area contributed by atoms with Crippen molar-refractivity contribution in [1.82, 2.24) is 0 Å². The lowest BCUT2D eigenvalue weighted by Gasteiger charge is -2.03. The lowest BCUT2D eigenvalue weighted by Crippen LogP contribution is -1.83. The maximum atomic E-state index is 3.76. The van der Waals surface area contributed by atoms with Gasteiger partial charge in [-0.1, -0.05) is 99.1 Å². The topological polar surface area (TPSA) is 0 Å². The highest BCUT2D eigenvalue weighted by Gasteiger charge is 1.93. The van der Waals surface area contributed by atoms with E-state index in [1.54, 1.807) is 0 Å². The molecule has 0 aromatic heterocycles. The third-order valence-electron chi connectivity index (χ3n) is 3.79. The molecule has 0 aliphatic rings. The Morgan fingerprint density at radius 3 is 1.16 bits per heavy atom. The van der Waals surface area contributed by atoms with E-state index in [0.717, 1.165) is 0 Å². The largest absolute Gasteiger partial charge is 0.103 e. The molecule has 0 rings (SSSR count). The summed E-state index contributed by atoms with van der Waals surface area (Å²) >= 11 is 3.49. The molecule has 0 saturated heterocycles. The normalized spacial score (nSPS) is 10.8. The van der Waals surface area contributed by atoms with Crippen LogP contribution in [0.3, 0.4) is 0 Å². The maximum absolute atomic E-state index is 3.76. The van der Waals surface area contributed by atoms with Crippen LogP contribution < -0.4 is 0 Å². The minimum absolute atomic E-state index is 1.18. The van der Waals surface area contributed by atoms with Crippen LogP contribution in [0.4, 0.5) is 0 Å². The summed E-state index contributed by atoms with van der Waals surface area (Å²) < 4.78 is 0. The van der Waals surface area contributed by atoms with Crippen LogP contribution in [0.15, 0.2) is 12.7 Å². The van der Waals surface area contributed by atoms with Crippen LogP contribution in [0.1, 0.15) is 96.3 Å². The zero-order chi connectivity index (χ0) is 14.0. The summed E-state index contributed by atoms with van der Waals surface area (Å²) in [6.45, 7) is 3.76. The molecular weight excluding hydrogens is 296 g/mol. The third-order valence-corrected chi connectivity index (χ3v) is 4.35. The van der Waals surface area contributed by atoms with E-state index < -0.39 is 0 Å². The minimum atomic E-state index is 1.18. The Balaban J connectivity index is 2.89. The van der Waals surface area contributed by atoms with Gasteiger partial charge in [0.1, 0.15) is 0 Å². The SMILES string of the molecule is C=CCCCCCCCCCCCCCCCCBr. The van der Waals surface area contributed by atoms with Crippen molar-refractivity contribution in [2.45, 2.75) is 96.3 Å². The number of unbranched alkanes of at least 4 members (excludes halogenated alkanes) is 14. The number of alkyl halides is 1. The first-order valence-corrected chi connectivity index (χ1v) is 9.71. The summed E-state index contributed by atoms with van der Waals surface area (Å²) in [5.74, 6) is 0. The van der Waals surface area contributed by atoms with E-state index in [0.29, 0.717) is 0 Å². The van der Waals surface area contributed by atoms with Crippen molar-refractivity contribution in [2.24, 2.45) is 0 Å². The molecule has 0 aromatic carbocycles. The van der Waals surface area contributed by atoms with E-state index in [1.807, 2.05) is 6.08 Å². The molecule has 0 aromatic rings. The molecule has 114 valence electrons. The lowest BCUT2D eigenvalue weighted by molar-refractivity contribution is 0.536. The van der Waals surface area contributed by atoms with Gasteiger partial charge in [0.05, 0.1) is 0 Å². The van der Waals surface area contributed by atoms with E-state index in [1.165, 1.54) is 102 Å². The fraction of sp³-hybridized carbons (Fsp3) is 0.889. The van der Waals surface area contributed by atoms with E-state index in [9.17, 15) is 0 Å². The predicted molar refractivity (Wildman–Crippen MR) is 93.2 cm³/mol. The van der Waals surface area contributed by atoms with Gasteiger partial charge in [-0.2, -0.15) is 0 Å². The molecule has 0 spiro atoms. The molecule has 0 nitrogen and oxygen atoms in total. The minimum Gasteiger partial charge on any atom is -0.103 e. The van der Waals surface area contributed by atoms with Gasteiger partial charge in [0, 0.05) is 5.33 Å². The molecule has 0 amide bonds. The highest BCUT2D eigenvalue weighted by Crippen LogP contribution is 2.13. The third kappa shape index (κ3) is 18.2.